The van der Waals surface area contributed by atoms with Crippen molar-refractivity contribution in [1.29, 1.82) is 0 Å². The third-order valence-electron chi connectivity index (χ3n) is 3.83. The van der Waals surface area contributed by atoms with Gasteiger partial charge in [0.2, 0.25) is 0 Å². The second-order valence-electron chi connectivity index (χ2n) is 6.09. The molecule has 1 aromatic heterocycles. The molecule has 2 rings (SSSR count). The van der Waals surface area contributed by atoms with Gasteiger partial charge < -0.3 is 20.1 Å². The fraction of sp³-hybridized carbons (Fsp3) is 0.474. The molecule has 7 nitrogen and oxygen atoms in total. The number of halogens is 1. The lowest BCUT2D eigenvalue weighted by atomic mass is 10.1. The number of nitrogens with zero attached hydrogens (tertiary/aromatic N) is 3. The van der Waals surface area contributed by atoms with E-state index in [0.717, 1.165) is 41.5 Å². The smallest absolute Gasteiger partial charge is 0.191 e. The van der Waals surface area contributed by atoms with Gasteiger partial charge in [-0.2, -0.15) is 5.10 Å². The third-order valence-corrected chi connectivity index (χ3v) is 3.83. The average Bonchev–Trinajstić information content (AvgIpc) is 3.04. The van der Waals surface area contributed by atoms with Crippen LogP contribution in [-0.2, 0) is 17.8 Å². The topological polar surface area (TPSA) is 72.7 Å². The van der Waals surface area contributed by atoms with Gasteiger partial charge in [0.15, 0.2) is 5.96 Å². The minimum atomic E-state index is 0. The first-order valence-corrected chi connectivity index (χ1v) is 8.77. The largest absolute Gasteiger partial charge is 0.491 e. The molecule has 1 aromatic carbocycles. The molecule has 0 amide bonds. The van der Waals surface area contributed by atoms with Gasteiger partial charge >= 0.3 is 0 Å². The molecule has 0 saturated carbocycles. The van der Waals surface area contributed by atoms with E-state index in [9.17, 15) is 0 Å². The lowest BCUT2D eigenvalue weighted by molar-refractivity contribution is 0.145. The van der Waals surface area contributed by atoms with E-state index < -0.39 is 0 Å². The van der Waals surface area contributed by atoms with Crippen LogP contribution < -0.4 is 15.4 Å². The van der Waals surface area contributed by atoms with Crippen LogP contribution in [0.5, 0.6) is 5.75 Å². The Kier molecular flexibility index (Phi) is 10.8. The summed E-state index contributed by atoms with van der Waals surface area (Å²) < 4.78 is 12.8. The van der Waals surface area contributed by atoms with Gasteiger partial charge in [0.25, 0.3) is 0 Å². The van der Waals surface area contributed by atoms with Crippen molar-refractivity contribution in [3.8, 4) is 5.75 Å². The quantitative estimate of drug-likeness (QED) is 0.246. The van der Waals surface area contributed by atoms with Crippen molar-refractivity contribution in [3.63, 3.8) is 0 Å². The van der Waals surface area contributed by atoms with Crippen LogP contribution >= 0.6 is 24.0 Å². The summed E-state index contributed by atoms with van der Waals surface area (Å²) in [5.41, 5.74) is 3.41. The standard InChI is InChI=1S/C19H29N5O2.HI/c1-15-5-6-17(18(11-15)26-10-9-25-4)13-22-19(20-3)21-7-8-24-14-16(2)12-23-24;/h5-6,11-12,14H,7-10,13H2,1-4H3,(H2,20,21,22);1H. The molecule has 0 aliphatic rings. The summed E-state index contributed by atoms with van der Waals surface area (Å²) in [7, 11) is 3.43. The van der Waals surface area contributed by atoms with Gasteiger partial charge in [0.1, 0.15) is 12.4 Å². The molecule has 8 heteroatoms. The predicted molar refractivity (Wildman–Crippen MR) is 119 cm³/mol. The molecule has 27 heavy (non-hydrogen) atoms. The van der Waals surface area contributed by atoms with Gasteiger partial charge in [0, 0.05) is 39.0 Å². The van der Waals surface area contributed by atoms with Crippen LogP contribution in [0.2, 0.25) is 0 Å². The van der Waals surface area contributed by atoms with Crippen LogP contribution in [-0.4, -0.2) is 49.7 Å². The Morgan fingerprint density at radius 2 is 2.00 bits per heavy atom. The maximum atomic E-state index is 5.83. The van der Waals surface area contributed by atoms with Gasteiger partial charge in [-0.3, -0.25) is 9.67 Å². The number of guanidine groups is 1. The molecule has 0 spiro atoms. The summed E-state index contributed by atoms with van der Waals surface area (Å²) in [4.78, 5) is 4.27. The van der Waals surface area contributed by atoms with Crippen molar-refractivity contribution < 1.29 is 9.47 Å². The maximum Gasteiger partial charge on any atom is 0.191 e. The van der Waals surface area contributed by atoms with E-state index >= 15 is 0 Å². The van der Waals surface area contributed by atoms with Gasteiger partial charge in [-0.15, -0.1) is 24.0 Å². The van der Waals surface area contributed by atoms with Crippen LogP contribution in [0.4, 0.5) is 0 Å². The van der Waals surface area contributed by atoms with Gasteiger partial charge in [-0.1, -0.05) is 12.1 Å². The van der Waals surface area contributed by atoms with E-state index in [-0.39, 0.29) is 24.0 Å². The number of nitrogens with one attached hydrogen (secondary N) is 2. The summed E-state index contributed by atoms with van der Waals surface area (Å²) in [6, 6.07) is 6.20. The first-order valence-electron chi connectivity index (χ1n) is 8.77. The number of methoxy groups -OCH3 is 1. The van der Waals surface area contributed by atoms with E-state index in [4.69, 9.17) is 9.47 Å². The van der Waals surface area contributed by atoms with Crippen molar-refractivity contribution in [1.82, 2.24) is 20.4 Å². The van der Waals surface area contributed by atoms with Crippen LogP contribution in [0.15, 0.2) is 35.6 Å². The summed E-state index contributed by atoms with van der Waals surface area (Å²) in [5.74, 6) is 1.62. The van der Waals surface area contributed by atoms with E-state index in [1.165, 1.54) is 0 Å². The molecule has 1 heterocycles. The number of benzene rings is 1. The zero-order valence-corrected chi connectivity index (χ0v) is 18.8. The Bertz CT molecular complexity index is 718. The molecule has 150 valence electrons. The van der Waals surface area contributed by atoms with Crippen molar-refractivity contribution in [3.05, 3.63) is 47.3 Å². The summed E-state index contributed by atoms with van der Waals surface area (Å²) in [6.07, 6.45) is 3.88. The Balaban J connectivity index is 0.00000364. The lowest BCUT2D eigenvalue weighted by Crippen LogP contribution is -2.38. The van der Waals surface area contributed by atoms with Crippen LogP contribution in [0.25, 0.3) is 0 Å². The molecule has 0 aliphatic heterocycles. The number of ether oxygens (including phenoxy) is 2. The number of hydrogen-bond donors (Lipinski definition) is 2. The van der Waals surface area contributed by atoms with E-state index in [1.54, 1.807) is 14.2 Å². The molecule has 0 atom stereocenters. The van der Waals surface area contributed by atoms with Crippen molar-refractivity contribution in [2.75, 3.05) is 33.9 Å². The Hall–Kier alpha value is -1.81. The third kappa shape index (κ3) is 8.17. The molecule has 0 fully saturated rings. The Morgan fingerprint density at radius 3 is 2.67 bits per heavy atom. The lowest BCUT2D eigenvalue weighted by Gasteiger charge is -2.15. The molecular formula is C19H30IN5O2. The van der Waals surface area contributed by atoms with Gasteiger partial charge in [-0.05, 0) is 31.0 Å². The molecule has 0 saturated heterocycles. The fourth-order valence-electron chi connectivity index (χ4n) is 2.45. The number of hydrogen-bond acceptors (Lipinski definition) is 4. The molecular weight excluding hydrogens is 457 g/mol. The van der Waals surface area contributed by atoms with E-state index in [1.807, 2.05) is 30.1 Å². The summed E-state index contributed by atoms with van der Waals surface area (Å²) in [5, 5.41) is 10.9. The minimum absolute atomic E-state index is 0. The zero-order valence-electron chi connectivity index (χ0n) is 16.5. The summed E-state index contributed by atoms with van der Waals surface area (Å²) in [6.45, 7) is 7.34. The average molecular weight is 487 g/mol. The highest BCUT2D eigenvalue weighted by Gasteiger charge is 2.06. The normalized spacial score (nSPS) is 11.0. The molecule has 0 unspecified atom stereocenters. The zero-order chi connectivity index (χ0) is 18.8. The monoisotopic (exact) mass is 487 g/mol. The summed E-state index contributed by atoms with van der Waals surface area (Å²) >= 11 is 0. The minimum Gasteiger partial charge on any atom is -0.491 e. The van der Waals surface area contributed by atoms with Crippen LogP contribution in [0.3, 0.4) is 0 Å². The van der Waals surface area contributed by atoms with E-state index in [0.29, 0.717) is 19.8 Å². The first kappa shape index (κ1) is 23.2. The Labute approximate surface area is 178 Å². The Morgan fingerprint density at radius 1 is 1.19 bits per heavy atom. The second kappa shape index (κ2) is 12.6. The highest BCUT2D eigenvalue weighted by atomic mass is 127. The highest BCUT2D eigenvalue weighted by molar-refractivity contribution is 14.0. The molecule has 0 aliphatic carbocycles. The maximum absolute atomic E-state index is 5.83. The van der Waals surface area contributed by atoms with E-state index in [2.05, 4.69) is 39.8 Å². The highest BCUT2D eigenvalue weighted by Crippen LogP contribution is 2.20. The molecule has 0 bridgehead atoms. The van der Waals surface area contributed by atoms with Gasteiger partial charge in [-0.25, -0.2) is 0 Å². The molecule has 2 aromatic rings. The number of aromatic nitrogens is 2. The first-order chi connectivity index (χ1) is 12.6. The van der Waals surface area contributed by atoms with Crippen LogP contribution in [0.1, 0.15) is 16.7 Å². The molecule has 2 N–H and O–H groups in total. The number of rotatable bonds is 9. The van der Waals surface area contributed by atoms with Crippen molar-refractivity contribution >= 4 is 29.9 Å². The van der Waals surface area contributed by atoms with Gasteiger partial charge in [0.05, 0.1) is 19.3 Å². The second-order valence-corrected chi connectivity index (χ2v) is 6.09. The fourth-order valence-corrected chi connectivity index (χ4v) is 2.45. The van der Waals surface area contributed by atoms with Crippen molar-refractivity contribution in [2.24, 2.45) is 4.99 Å². The number of aliphatic imine (C=N–C) groups is 1. The SMILES string of the molecule is CN=C(NCCn1cc(C)cn1)NCc1ccc(C)cc1OCCOC.I. The van der Waals surface area contributed by atoms with Crippen molar-refractivity contribution in [2.45, 2.75) is 26.9 Å². The number of aryl methyl sites for hydroxylation is 2. The van der Waals surface area contributed by atoms with Crippen LogP contribution in [0, 0.1) is 13.8 Å². The predicted octanol–water partition coefficient (Wildman–Crippen LogP) is 2.51. The molecule has 0 radical (unpaired) electrons.